The Balaban J connectivity index is 3.01. The Labute approximate surface area is 116 Å². The van der Waals surface area contributed by atoms with Gasteiger partial charge in [-0.05, 0) is 31.5 Å². The van der Waals surface area contributed by atoms with Gasteiger partial charge in [0.2, 0.25) is 0 Å². The summed E-state index contributed by atoms with van der Waals surface area (Å²) in [5.41, 5.74) is 1.15. The van der Waals surface area contributed by atoms with Gasteiger partial charge in [0.15, 0.2) is 0 Å². The number of hydrogen-bond donors (Lipinski definition) is 0. The lowest BCUT2D eigenvalue weighted by Crippen LogP contribution is -2.00. The van der Waals surface area contributed by atoms with E-state index in [0.717, 1.165) is 4.47 Å². The molecule has 0 spiro atoms. The third-order valence-corrected chi connectivity index (χ3v) is 4.73. The fourth-order valence-corrected chi connectivity index (χ4v) is 3.62. The summed E-state index contributed by atoms with van der Waals surface area (Å²) in [4.78, 5) is 0. The van der Waals surface area contributed by atoms with E-state index in [-0.39, 0.29) is 6.16 Å². The molecule has 0 unspecified atom stereocenters. The summed E-state index contributed by atoms with van der Waals surface area (Å²) >= 11 is 3.30. The van der Waals surface area contributed by atoms with Crippen LogP contribution in [0.25, 0.3) is 0 Å². The molecule has 0 bridgehead atoms. The number of halogens is 1. The van der Waals surface area contributed by atoms with Gasteiger partial charge >= 0.3 is 7.60 Å². The second kappa shape index (κ2) is 7.06. The molecule has 0 N–H and O–H groups in total. The molecule has 0 saturated carbocycles. The van der Waals surface area contributed by atoms with Gasteiger partial charge in [-0.25, -0.2) is 0 Å². The molecule has 0 aliphatic carbocycles. The van der Waals surface area contributed by atoms with Crippen LogP contribution in [0.2, 0.25) is 0 Å². The minimum absolute atomic E-state index is 0.116. The number of rotatable bonds is 6. The lowest BCUT2D eigenvalue weighted by atomic mass is 10.1. The SMILES string of the molecule is CCOP(=O)(Cc1ccc(Br)cc1C#N)OCC. The van der Waals surface area contributed by atoms with E-state index in [1.807, 2.05) is 0 Å². The quantitative estimate of drug-likeness (QED) is 0.736. The fourth-order valence-electron chi connectivity index (χ4n) is 1.52. The van der Waals surface area contributed by atoms with Gasteiger partial charge in [0.1, 0.15) is 0 Å². The van der Waals surface area contributed by atoms with Gasteiger partial charge in [-0.1, -0.05) is 22.0 Å². The lowest BCUT2D eigenvalue weighted by Gasteiger charge is -2.17. The molecule has 0 atom stereocenters. The average molecular weight is 332 g/mol. The van der Waals surface area contributed by atoms with E-state index < -0.39 is 7.60 Å². The minimum atomic E-state index is -3.16. The molecule has 0 radical (unpaired) electrons. The zero-order chi connectivity index (χ0) is 13.6. The largest absolute Gasteiger partial charge is 0.335 e. The Morgan fingerprint density at radius 1 is 1.33 bits per heavy atom. The monoisotopic (exact) mass is 331 g/mol. The van der Waals surface area contributed by atoms with Crippen molar-refractivity contribution in [3.8, 4) is 6.07 Å². The normalized spacial score (nSPS) is 11.2. The molecular weight excluding hydrogens is 317 g/mol. The van der Waals surface area contributed by atoms with Crippen molar-refractivity contribution in [1.29, 1.82) is 5.26 Å². The molecule has 0 aliphatic rings. The van der Waals surface area contributed by atoms with Crippen LogP contribution in [0.1, 0.15) is 25.0 Å². The van der Waals surface area contributed by atoms with Crippen molar-refractivity contribution in [3.63, 3.8) is 0 Å². The van der Waals surface area contributed by atoms with Crippen molar-refractivity contribution in [2.24, 2.45) is 0 Å². The molecule has 1 aromatic carbocycles. The molecule has 0 aliphatic heterocycles. The van der Waals surface area contributed by atoms with Gasteiger partial charge in [-0.3, -0.25) is 4.57 Å². The summed E-state index contributed by atoms with van der Waals surface area (Å²) in [5, 5.41) is 9.06. The molecular formula is C12H15BrNO3P. The third kappa shape index (κ3) is 4.22. The number of hydrogen-bond acceptors (Lipinski definition) is 4. The molecule has 18 heavy (non-hydrogen) atoms. The summed E-state index contributed by atoms with van der Waals surface area (Å²) in [7, 11) is -3.16. The minimum Gasteiger partial charge on any atom is -0.309 e. The third-order valence-electron chi connectivity index (χ3n) is 2.21. The fraction of sp³-hybridized carbons (Fsp3) is 0.417. The van der Waals surface area contributed by atoms with Crippen LogP contribution in [-0.2, 0) is 19.8 Å². The molecule has 0 heterocycles. The van der Waals surface area contributed by atoms with E-state index in [1.54, 1.807) is 32.0 Å². The van der Waals surface area contributed by atoms with E-state index in [9.17, 15) is 4.57 Å². The van der Waals surface area contributed by atoms with Crippen molar-refractivity contribution in [3.05, 3.63) is 33.8 Å². The molecule has 6 heteroatoms. The topological polar surface area (TPSA) is 59.3 Å². The number of nitrogens with zero attached hydrogens (tertiary/aromatic N) is 1. The van der Waals surface area contributed by atoms with Gasteiger partial charge < -0.3 is 9.05 Å². The van der Waals surface area contributed by atoms with E-state index >= 15 is 0 Å². The molecule has 1 aromatic rings. The first kappa shape index (κ1) is 15.4. The van der Waals surface area contributed by atoms with Crippen molar-refractivity contribution >= 4 is 23.5 Å². The maximum absolute atomic E-state index is 12.4. The first-order valence-electron chi connectivity index (χ1n) is 5.61. The van der Waals surface area contributed by atoms with Crippen molar-refractivity contribution in [2.45, 2.75) is 20.0 Å². The van der Waals surface area contributed by atoms with Crippen molar-refractivity contribution in [2.75, 3.05) is 13.2 Å². The Kier molecular flexibility index (Phi) is 6.04. The highest BCUT2D eigenvalue weighted by Gasteiger charge is 2.25. The van der Waals surface area contributed by atoms with Gasteiger partial charge in [0.05, 0.1) is 31.0 Å². The summed E-state index contributed by atoms with van der Waals surface area (Å²) < 4.78 is 23.6. The van der Waals surface area contributed by atoms with Crippen LogP contribution < -0.4 is 0 Å². The highest BCUT2D eigenvalue weighted by Crippen LogP contribution is 2.51. The maximum Gasteiger partial charge on any atom is 0.335 e. The van der Waals surface area contributed by atoms with Crippen LogP contribution in [-0.4, -0.2) is 13.2 Å². The van der Waals surface area contributed by atoms with Crippen LogP contribution >= 0.6 is 23.5 Å². The van der Waals surface area contributed by atoms with Crippen LogP contribution in [0.5, 0.6) is 0 Å². The predicted molar refractivity (Wildman–Crippen MR) is 73.4 cm³/mol. The van der Waals surface area contributed by atoms with E-state index in [0.29, 0.717) is 24.3 Å². The Hall–Kier alpha value is -0.660. The molecule has 0 amide bonds. The van der Waals surface area contributed by atoms with E-state index in [1.165, 1.54) is 0 Å². The lowest BCUT2D eigenvalue weighted by molar-refractivity contribution is 0.219. The summed E-state index contributed by atoms with van der Waals surface area (Å²) in [6.07, 6.45) is 0.116. The molecule has 0 aromatic heterocycles. The van der Waals surface area contributed by atoms with Crippen molar-refractivity contribution < 1.29 is 13.6 Å². The first-order valence-corrected chi connectivity index (χ1v) is 8.13. The standard InChI is InChI=1S/C12H15BrNO3P/c1-3-16-18(15,17-4-2)9-10-5-6-12(13)7-11(10)8-14/h5-7H,3-4,9H2,1-2H3. The van der Waals surface area contributed by atoms with E-state index in [2.05, 4.69) is 22.0 Å². The van der Waals surface area contributed by atoms with E-state index in [4.69, 9.17) is 14.3 Å². The van der Waals surface area contributed by atoms with Crippen LogP contribution in [0.3, 0.4) is 0 Å². The average Bonchev–Trinajstić information content (AvgIpc) is 2.32. The Bertz CT molecular complexity index is 489. The van der Waals surface area contributed by atoms with Crippen LogP contribution in [0.15, 0.2) is 22.7 Å². The summed E-state index contributed by atoms with van der Waals surface area (Å²) in [5.74, 6) is 0. The van der Waals surface area contributed by atoms with Crippen LogP contribution in [0.4, 0.5) is 0 Å². The van der Waals surface area contributed by atoms with Gasteiger partial charge in [-0.15, -0.1) is 0 Å². The number of nitriles is 1. The summed E-state index contributed by atoms with van der Waals surface area (Å²) in [6, 6.07) is 7.33. The molecule has 4 nitrogen and oxygen atoms in total. The maximum atomic E-state index is 12.4. The molecule has 1 rings (SSSR count). The summed E-state index contributed by atoms with van der Waals surface area (Å²) in [6.45, 7) is 4.16. The smallest absolute Gasteiger partial charge is 0.309 e. The first-order chi connectivity index (χ1) is 8.54. The Morgan fingerprint density at radius 2 is 1.94 bits per heavy atom. The second-order valence-corrected chi connectivity index (χ2v) is 6.49. The van der Waals surface area contributed by atoms with Crippen LogP contribution in [0, 0.1) is 11.3 Å². The molecule has 98 valence electrons. The van der Waals surface area contributed by atoms with Crippen molar-refractivity contribution in [1.82, 2.24) is 0 Å². The van der Waals surface area contributed by atoms with Gasteiger partial charge in [0.25, 0.3) is 0 Å². The highest BCUT2D eigenvalue weighted by molar-refractivity contribution is 9.10. The highest BCUT2D eigenvalue weighted by atomic mass is 79.9. The molecule has 0 fully saturated rings. The zero-order valence-corrected chi connectivity index (χ0v) is 12.8. The van der Waals surface area contributed by atoms with Gasteiger partial charge in [-0.2, -0.15) is 5.26 Å². The van der Waals surface area contributed by atoms with Gasteiger partial charge in [0, 0.05) is 4.47 Å². The molecule has 0 saturated heterocycles. The zero-order valence-electron chi connectivity index (χ0n) is 10.4. The predicted octanol–water partition coefficient (Wildman–Crippen LogP) is 4.09. The Morgan fingerprint density at radius 3 is 2.44 bits per heavy atom. The number of benzene rings is 1. The second-order valence-electron chi connectivity index (χ2n) is 3.52.